The third-order valence-corrected chi connectivity index (χ3v) is 2.06. The summed E-state index contributed by atoms with van der Waals surface area (Å²) in [6.07, 6.45) is 0.981. The van der Waals surface area contributed by atoms with Gasteiger partial charge in [-0.3, -0.25) is 0 Å². The van der Waals surface area contributed by atoms with Gasteiger partial charge >= 0.3 is 0 Å². The molecule has 2 rings (SSSR count). The molecule has 2 heterocycles. The van der Waals surface area contributed by atoms with Crippen molar-refractivity contribution in [1.82, 2.24) is 9.97 Å². The quantitative estimate of drug-likeness (QED) is 0.735. The van der Waals surface area contributed by atoms with E-state index in [4.69, 9.17) is 0 Å². The van der Waals surface area contributed by atoms with Crippen LogP contribution in [0.2, 0.25) is 0 Å². The van der Waals surface area contributed by atoms with E-state index >= 15 is 0 Å². The van der Waals surface area contributed by atoms with Crippen LogP contribution in [0.4, 0.5) is 8.78 Å². The van der Waals surface area contributed by atoms with Gasteiger partial charge in [-0.2, -0.15) is 0 Å². The van der Waals surface area contributed by atoms with Crippen LogP contribution in [0.5, 0.6) is 0 Å². The highest BCUT2D eigenvalue weighted by Crippen LogP contribution is 2.27. The molecule has 0 aliphatic heterocycles. The first-order valence-electron chi connectivity index (χ1n) is 4.10. The molecule has 0 radical (unpaired) electrons. The number of hydrogen-bond donors (Lipinski definition) is 2. The number of aromatic nitrogens is 2. The number of rotatable bonds is 1. The van der Waals surface area contributed by atoms with Crippen LogP contribution >= 0.6 is 0 Å². The largest absolute Gasteiger partial charge is 0.389 e. The van der Waals surface area contributed by atoms with Gasteiger partial charge in [-0.1, -0.05) is 0 Å². The molecule has 5 heteroatoms. The van der Waals surface area contributed by atoms with Crippen LogP contribution in [-0.2, 0) is 0 Å². The number of pyridine rings is 1. The highest BCUT2D eigenvalue weighted by atomic mass is 19.1. The molecule has 0 saturated heterocycles. The first-order valence-corrected chi connectivity index (χ1v) is 4.10. The van der Waals surface area contributed by atoms with E-state index in [1.165, 1.54) is 6.92 Å². The fourth-order valence-electron chi connectivity index (χ4n) is 1.47. The number of nitrogens with zero attached hydrogens (tertiary/aromatic N) is 1. The van der Waals surface area contributed by atoms with E-state index in [9.17, 15) is 13.9 Å². The maximum atomic E-state index is 13.2. The Labute approximate surface area is 78.4 Å². The predicted molar refractivity (Wildman–Crippen MR) is 46.6 cm³/mol. The third kappa shape index (κ3) is 1.17. The number of H-pyrrole nitrogens is 1. The Morgan fingerprint density at radius 1 is 1.43 bits per heavy atom. The summed E-state index contributed by atoms with van der Waals surface area (Å²) in [5, 5.41) is 9.31. The molecule has 1 atom stereocenters. The Balaban J connectivity index is 2.87. The molecule has 2 aromatic rings. The van der Waals surface area contributed by atoms with E-state index in [1.807, 2.05) is 0 Å². The lowest BCUT2D eigenvalue weighted by Crippen LogP contribution is -1.98. The van der Waals surface area contributed by atoms with Gasteiger partial charge in [-0.15, -0.1) is 0 Å². The predicted octanol–water partition coefficient (Wildman–Crippen LogP) is 1.89. The molecule has 0 amide bonds. The van der Waals surface area contributed by atoms with E-state index in [0.717, 1.165) is 12.4 Å². The Morgan fingerprint density at radius 3 is 2.79 bits per heavy atom. The maximum absolute atomic E-state index is 13.2. The molecule has 0 aliphatic rings. The molecule has 0 aromatic carbocycles. The van der Waals surface area contributed by atoms with Crippen LogP contribution < -0.4 is 0 Å². The van der Waals surface area contributed by atoms with Gasteiger partial charge in [0, 0.05) is 11.8 Å². The van der Waals surface area contributed by atoms with Gasteiger partial charge in [0.2, 0.25) is 0 Å². The van der Waals surface area contributed by atoms with Crippen molar-refractivity contribution in [2.24, 2.45) is 0 Å². The van der Waals surface area contributed by atoms with Crippen LogP contribution in [0.25, 0.3) is 11.0 Å². The van der Waals surface area contributed by atoms with Crippen molar-refractivity contribution in [2.45, 2.75) is 13.0 Å². The van der Waals surface area contributed by atoms with Crippen LogP contribution in [0.15, 0.2) is 12.4 Å². The van der Waals surface area contributed by atoms with Crippen LogP contribution in [0.1, 0.15) is 18.6 Å². The van der Waals surface area contributed by atoms with Crippen LogP contribution in [-0.4, -0.2) is 15.1 Å². The van der Waals surface area contributed by atoms with Crippen molar-refractivity contribution in [3.8, 4) is 0 Å². The zero-order valence-corrected chi connectivity index (χ0v) is 7.38. The normalized spacial score (nSPS) is 13.4. The zero-order valence-electron chi connectivity index (χ0n) is 7.38. The average Bonchev–Trinajstić information content (AvgIpc) is 2.47. The van der Waals surface area contributed by atoms with Gasteiger partial charge in [-0.05, 0) is 6.92 Å². The molecule has 74 valence electrons. The summed E-state index contributed by atoms with van der Waals surface area (Å²) in [6.45, 7) is 1.38. The summed E-state index contributed by atoms with van der Waals surface area (Å²) in [6, 6.07) is 0. The molecule has 0 bridgehead atoms. The number of halogens is 2. The van der Waals surface area contributed by atoms with E-state index in [-0.39, 0.29) is 16.6 Å². The first kappa shape index (κ1) is 9.08. The van der Waals surface area contributed by atoms with Gasteiger partial charge in [0.05, 0.1) is 17.7 Å². The zero-order chi connectivity index (χ0) is 10.3. The fourth-order valence-corrected chi connectivity index (χ4v) is 1.47. The molecular weight excluding hydrogens is 190 g/mol. The van der Waals surface area contributed by atoms with Gasteiger partial charge in [-0.25, -0.2) is 13.8 Å². The third-order valence-electron chi connectivity index (χ3n) is 2.06. The van der Waals surface area contributed by atoms with Gasteiger partial charge < -0.3 is 10.1 Å². The molecule has 1 unspecified atom stereocenters. The molecule has 0 aliphatic carbocycles. The van der Waals surface area contributed by atoms with Crippen LogP contribution in [0.3, 0.4) is 0 Å². The summed E-state index contributed by atoms with van der Waals surface area (Å²) < 4.78 is 26.4. The molecule has 2 aromatic heterocycles. The minimum absolute atomic E-state index is 0.0139. The number of nitrogens with one attached hydrogen (secondary N) is 1. The highest BCUT2D eigenvalue weighted by molar-refractivity contribution is 5.80. The van der Waals surface area contributed by atoms with Crippen molar-refractivity contribution >= 4 is 11.0 Å². The number of aliphatic hydroxyl groups is 1. The average molecular weight is 198 g/mol. The number of hydrogen-bond acceptors (Lipinski definition) is 2. The van der Waals surface area contributed by atoms with Crippen LogP contribution in [0, 0.1) is 11.6 Å². The minimum Gasteiger partial charge on any atom is -0.389 e. The number of fused-ring (bicyclic) bond motifs is 1. The second-order valence-corrected chi connectivity index (χ2v) is 3.06. The molecule has 0 saturated carbocycles. The van der Waals surface area contributed by atoms with Gasteiger partial charge in [0.25, 0.3) is 0 Å². The van der Waals surface area contributed by atoms with E-state index in [0.29, 0.717) is 0 Å². The van der Waals surface area contributed by atoms with Crippen molar-refractivity contribution in [2.75, 3.05) is 0 Å². The van der Waals surface area contributed by atoms with Crippen molar-refractivity contribution < 1.29 is 13.9 Å². The summed E-state index contributed by atoms with van der Waals surface area (Å²) in [7, 11) is 0. The Morgan fingerprint density at radius 2 is 2.14 bits per heavy atom. The molecule has 14 heavy (non-hydrogen) atoms. The summed E-state index contributed by atoms with van der Waals surface area (Å²) in [5.41, 5.74) is 0.175. The Bertz CT molecular complexity index is 479. The Hall–Kier alpha value is -1.49. The van der Waals surface area contributed by atoms with Gasteiger partial charge in [0.15, 0.2) is 5.82 Å². The van der Waals surface area contributed by atoms with Crippen molar-refractivity contribution in [3.63, 3.8) is 0 Å². The molecule has 3 nitrogen and oxygen atoms in total. The first-order chi connectivity index (χ1) is 6.61. The fraction of sp³-hybridized carbons (Fsp3) is 0.222. The summed E-state index contributed by atoms with van der Waals surface area (Å²) in [5.74, 6) is -1.31. The molecule has 0 spiro atoms. The second-order valence-electron chi connectivity index (χ2n) is 3.06. The Kier molecular flexibility index (Phi) is 1.96. The number of aliphatic hydroxyl groups excluding tert-OH is 1. The van der Waals surface area contributed by atoms with E-state index in [2.05, 4.69) is 9.97 Å². The SMILES string of the molecule is CC(O)c1c(F)cnc2[nH]cc(F)c12. The lowest BCUT2D eigenvalue weighted by Gasteiger charge is -2.06. The summed E-state index contributed by atoms with van der Waals surface area (Å²) in [4.78, 5) is 6.21. The van der Waals surface area contributed by atoms with Crippen molar-refractivity contribution in [1.29, 1.82) is 0 Å². The molecule has 0 fully saturated rings. The number of aromatic amines is 1. The van der Waals surface area contributed by atoms with E-state index < -0.39 is 17.7 Å². The maximum Gasteiger partial charge on any atom is 0.150 e. The monoisotopic (exact) mass is 198 g/mol. The second kappa shape index (κ2) is 3.02. The lowest BCUT2D eigenvalue weighted by atomic mass is 10.1. The molecule has 2 N–H and O–H groups in total. The molecular formula is C9H8F2N2O. The minimum atomic E-state index is -1.06. The van der Waals surface area contributed by atoms with E-state index in [1.54, 1.807) is 0 Å². The highest BCUT2D eigenvalue weighted by Gasteiger charge is 2.17. The lowest BCUT2D eigenvalue weighted by molar-refractivity contribution is 0.195. The standard InChI is InChI=1S/C9H8F2N2O/c1-4(14)7-5(10)2-12-9-8(7)6(11)3-13-9/h2-4,14H,1H3,(H,12,13). The van der Waals surface area contributed by atoms with Crippen molar-refractivity contribution in [3.05, 3.63) is 29.6 Å². The topological polar surface area (TPSA) is 48.9 Å². The smallest absolute Gasteiger partial charge is 0.150 e. The van der Waals surface area contributed by atoms with Gasteiger partial charge in [0.1, 0.15) is 11.5 Å². The summed E-state index contributed by atoms with van der Waals surface area (Å²) >= 11 is 0.